The van der Waals surface area contributed by atoms with Crippen molar-refractivity contribution in [3.8, 4) is 0 Å². The smallest absolute Gasteiger partial charge is 0.293 e. The van der Waals surface area contributed by atoms with Crippen molar-refractivity contribution in [3.63, 3.8) is 0 Å². The Hall–Kier alpha value is -1.36. The highest BCUT2D eigenvalue weighted by molar-refractivity contribution is 9.09. The number of H-pyrrole nitrogens is 1. The zero-order chi connectivity index (χ0) is 15.2. The summed E-state index contributed by atoms with van der Waals surface area (Å²) in [6.45, 7) is 5.92. The highest BCUT2D eigenvalue weighted by atomic mass is 79.9. The van der Waals surface area contributed by atoms with Gasteiger partial charge >= 0.3 is 0 Å². The van der Waals surface area contributed by atoms with Crippen LogP contribution in [0.1, 0.15) is 26.5 Å². The molecular formula is C15H19BrFNO2. The van der Waals surface area contributed by atoms with Crippen LogP contribution in [0.3, 0.4) is 0 Å². The number of ether oxygens (including phenoxy) is 1. The van der Waals surface area contributed by atoms with E-state index in [1.807, 2.05) is 26.8 Å². The third-order valence-corrected chi connectivity index (χ3v) is 2.80. The Balaban J connectivity index is 0.000000246. The Morgan fingerprint density at radius 1 is 1.35 bits per heavy atom. The minimum atomic E-state index is -0.318. The van der Waals surface area contributed by atoms with Crippen LogP contribution in [0.5, 0.6) is 0 Å². The van der Waals surface area contributed by atoms with Crippen LogP contribution in [0.15, 0.2) is 24.3 Å². The van der Waals surface area contributed by atoms with Crippen LogP contribution in [0, 0.1) is 5.82 Å². The fourth-order valence-corrected chi connectivity index (χ4v) is 1.97. The maximum absolute atomic E-state index is 12.8. The number of halogens is 2. The largest absolute Gasteiger partial charge is 0.462 e. The Morgan fingerprint density at radius 3 is 2.55 bits per heavy atom. The molecule has 0 aliphatic rings. The Kier molecular flexibility index (Phi) is 6.20. The van der Waals surface area contributed by atoms with E-state index in [-0.39, 0.29) is 11.4 Å². The van der Waals surface area contributed by atoms with E-state index >= 15 is 0 Å². The van der Waals surface area contributed by atoms with Gasteiger partial charge in [0, 0.05) is 21.9 Å². The number of carbonyl (C=O) groups is 1. The van der Waals surface area contributed by atoms with Crippen LogP contribution in [-0.2, 0) is 16.0 Å². The average molecular weight is 344 g/mol. The zero-order valence-electron chi connectivity index (χ0n) is 11.9. The third-order valence-electron chi connectivity index (χ3n) is 2.40. The number of alkyl halides is 1. The van der Waals surface area contributed by atoms with Gasteiger partial charge in [0.2, 0.25) is 0 Å². The summed E-state index contributed by atoms with van der Waals surface area (Å²) in [5, 5.41) is 1.86. The first-order valence-corrected chi connectivity index (χ1v) is 7.42. The minimum absolute atomic E-state index is 0.183. The molecule has 0 aliphatic heterocycles. The molecule has 2 rings (SSSR count). The lowest BCUT2D eigenvalue weighted by Gasteiger charge is -2.14. The predicted octanol–water partition coefficient (Wildman–Crippen LogP) is 4.20. The van der Waals surface area contributed by atoms with Gasteiger partial charge in [0.15, 0.2) is 0 Å². The number of hydrogen-bond donors (Lipinski definition) is 1. The van der Waals surface area contributed by atoms with Gasteiger partial charge in [0.25, 0.3) is 6.47 Å². The Morgan fingerprint density at radius 2 is 2.05 bits per heavy atom. The number of rotatable bonds is 3. The molecule has 0 spiro atoms. The van der Waals surface area contributed by atoms with Crippen molar-refractivity contribution in [3.05, 3.63) is 35.8 Å². The van der Waals surface area contributed by atoms with Gasteiger partial charge in [0.05, 0.1) is 0 Å². The summed E-state index contributed by atoms with van der Waals surface area (Å²) in [7, 11) is 0. The highest BCUT2D eigenvalue weighted by Crippen LogP contribution is 2.17. The van der Waals surface area contributed by atoms with Crippen LogP contribution in [-0.4, -0.2) is 22.4 Å². The number of fused-ring (bicyclic) bond motifs is 1. The van der Waals surface area contributed by atoms with Gasteiger partial charge in [-0.05, 0) is 51.5 Å². The molecule has 1 heterocycles. The molecule has 0 bridgehead atoms. The van der Waals surface area contributed by atoms with E-state index in [1.165, 1.54) is 6.07 Å². The lowest BCUT2D eigenvalue weighted by molar-refractivity contribution is -0.138. The number of nitrogens with one attached hydrogen (secondary N) is 1. The van der Waals surface area contributed by atoms with Gasteiger partial charge in [-0.15, -0.1) is 0 Å². The number of aryl methyl sites for hydroxylation is 1. The highest BCUT2D eigenvalue weighted by Gasteiger charge is 2.07. The van der Waals surface area contributed by atoms with Crippen molar-refractivity contribution < 1.29 is 13.9 Å². The van der Waals surface area contributed by atoms with E-state index in [0.29, 0.717) is 6.47 Å². The summed E-state index contributed by atoms with van der Waals surface area (Å²) in [6, 6.07) is 6.77. The van der Waals surface area contributed by atoms with Crippen molar-refractivity contribution in [2.75, 3.05) is 5.33 Å². The molecule has 0 radical (unpaired) electrons. The first-order chi connectivity index (χ1) is 9.35. The Labute approximate surface area is 126 Å². The molecule has 3 nitrogen and oxygen atoms in total. The second-order valence-corrected chi connectivity index (χ2v) is 6.08. The number of benzene rings is 1. The van der Waals surface area contributed by atoms with E-state index in [1.54, 1.807) is 12.1 Å². The number of hydrogen-bond acceptors (Lipinski definition) is 2. The van der Waals surface area contributed by atoms with Crippen molar-refractivity contribution in [2.45, 2.75) is 32.8 Å². The lowest BCUT2D eigenvalue weighted by atomic mass is 10.2. The van der Waals surface area contributed by atoms with Gasteiger partial charge in [-0.3, -0.25) is 4.79 Å². The summed E-state index contributed by atoms with van der Waals surface area (Å²) < 4.78 is 17.4. The normalized spacial score (nSPS) is 10.8. The summed E-state index contributed by atoms with van der Waals surface area (Å²) in [5.41, 5.74) is 1.82. The zero-order valence-corrected chi connectivity index (χ0v) is 13.5. The predicted molar refractivity (Wildman–Crippen MR) is 82.7 cm³/mol. The maximum Gasteiger partial charge on any atom is 0.293 e. The third kappa shape index (κ3) is 5.74. The van der Waals surface area contributed by atoms with Crippen molar-refractivity contribution in [1.82, 2.24) is 4.98 Å². The van der Waals surface area contributed by atoms with E-state index in [4.69, 9.17) is 0 Å². The monoisotopic (exact) mass is 343 g/mol. The lowest BCUT2D eigenvalue weighted by Crippen LogP contribution is -2.17. The quantitative estimate of drug-likeness (QED) is 0.670. The molecule has 1 N–H and O–H groups in total. The molecule has 0 aliphatic carbocycles. The molecule has 2 aromatic rings. The molecule has 0 saturated heterocycles. The molecule has 0 unspecified atom stereocenters. The van der Waals surface area contributed by atoms with Crippen LogP contribution < -0.4 is 0 Å². The fraction of sp³-hybridized carbons (Fsp3) is 0.400. The Bertz CT molecular complexity index is 560. The number of carbonyl (C=O) groups excluding carboxylic acids is 1. The molecule has 110 valence electrons. The van der Waals surface area contributed by atoms with Crippen LogP contribution in [0.25, 0.3) is 10.9 Å². The molecule has 1 aromatic carbocycles. The van der Waals surface area contributed by atoms with Gasteiger partial charge in [-0.25, -0.2) is 4.39 Å². The first-order valence-electron chi connectivity index (χ1n) is 6.30. The molecule has 1 aromatic heterocycles. The number of aromatic nitrogens is 1. The summed E-state index contributed by atoms with van der Waals surface area (Å²) in [5.74, 6) is -0.183. The molecule has 0 saturated carbocycles. The second kappa shape index (κ2) is 7.43. The molecular weight excluding hydrogens is 325 g/mol. The van der Waals surface area contributed by atoms with Crippen molar-refractivity contribution in [1.29, 1.82) is 0 Å². The molecule has 5 heteroatoms. The second-order valence-electron chi connectivity index (χ2n) is 5.29. The minimum Gasteiger partial charge on any atom is -0.462 e. The van der Waals surface area contributed by atoms with E-state index < -0.39 is 0 Å². The molecule has 0 atom stereocenters. The van der Waals surface area contributed by atoms with E-state index in [2.05, 4.69) is 25.7 Å². The standard InChI is InChI=1S/C10H9BrFN.C5H10O2/c11-4-3-9-6-7-5-8(12)1-2-10(7)13-9;1-5(2,3)7-4-6/h1-2,5-6,13H,3-4H2;4H,1-3H3. The number of aromatic amines is 1. The molecule has 0 fully saturated rings. The van der Waals surface area contributed by atoms with Gasteiger partial charge < -0.3 is 9.72 Å². The summed E-state index contributed by atoms with van der Waals surface area (Å²) in [6.07, 6.45) is 0.941. The fourth-order valence-electron chi connectivity index (χ4n) is 1.54. The maximum atomic E-state index is 12.8. The molecule has 20 heavy (non-hydrogen) atoms. The van der Waals surface area contributed by atoms with Crippen LogP contribution in [0.4, 0.5) is 4.39 Å². The van der Waals surface area contributed by atoms with E-state index in [0.717, 1.165) is 28.3 Å². The van der Waals surface area contributed by atoms with Crippen LogP contribution >= 0.6 is 15.9 Å². The van der Waals surface area contributed by atoms with Crippen molar-refractivity contribution in [2.24, 2.45) is 0 Å². The first kappa shape index (κ1) is 16.7. The van der Waals surface area contributed by atoms with E-state index in [9.17, 15) is 9.18 Å². The average Bonchev–Trinajstić information content (AvgIpc) is 2.70. The molecule has 0 amide bonds. The SMILES string of the molecule is CC(C)(C)OC=O.Fc1ccc2[nH]c(CCBr)cc2c1. The van der Waals surface area contributed by atoms with Crippen molar-refractivity contribution >= 4 is 33.3 Å². The topological polar surface area (TPSA) is 42.1 Å². The summed E-state index contributed by atoms with van der Waals surface area (Å²) in [4.78, 5) is 12.8. The van der Waals surface area contributed by atoms with Crippen LogP contribution in [0.2, 0.25) is 0 Å². The summed E-state index contributed by atoms with van der Waals surface area (Å²) >= 11 is 3.36. The van der Waals surface area contributed by atoms with Gasteiger partial charge in [0.1, 0.15) is 11.4 Å². The van der Waals surface area contributed by atoms with Gasteiger partial charge in [-0.2, -0.15) is 0 Å². The van der Waals surface area contributed by atoms with Gasteiger partial charge in [-0.1, -0.05) is 15.9 Å².